The van der Waals surface area contributed by atoms with Gasteiger partial charge in [-0.15, -0.1) is 11.3 Å². The van der Waals surface area contributed by atoms with Gasteiger partial charge in [-0.05, 0) is 35.9 Å². The van der Waals surface area contributed by atoms with Crippen molar-refractivity contribution < 1.29 is 0 Å². The van der Waals surface area contributed by atoms with E-state index in [1.165, 1.54) is 5.56 Å². The number of hydrogen-bond acceptors (Lipinski definition) is 5. The highest BCUT2D eigenvalue weighted by Crippen LogP contribution is 2.29. The van der Waals surface area contributed by atoms with Crippen LogP contribution in [0.2, 0.25) is 0 Å². The van der Waals surface area contributed by atoms with E-state index in [4.69, 9.17) is 9.97 Å². The molecule has 0 spiro atoms. The maximum absolute atomic E-state index is 4.75. The van der Waals surface area contributed by atoms with Crippen LogP contribution in [-0.2, 0) is 6.42 Å². The minimum absolute atomic E-state index is 0.780. The summed E-state index contributed by atoms with van der Waals surface area (Å²) >= 11 is 1.65. The summed E-state index contributed by atoms with van der Waals surface area (Å²) in [6.07, 6.45) is 5.69. The Labute approximate surface area is 128 Å². The standard InChI is InChI=1S/C16H18N4S/c1-3-7-18-14-13-6-9-21-16(13)20-15(19-14)12-5-8-17-10-11(12)4-2/h5-6,8-10H,3-4,7H2,1-2H3,(H,18,19,20). The number of rotatable bonds is 5. The van der Waals surface area contributed by atoms with Gasteiger partial charge >= 0.3 is 0 Å². The summed E-state index contributed by atoms with van der Waals surface area (Å²) in [5.41, 5.74) is 2.25. The first-order valence-electron chi connectivity index (χ1n) is 7.25. The lowest BCUT2D eigenvalue weighted by Crippen LogP contribution is -2.04. The van der Waals surface area contributed by atoms with Crippen molar-refractivity contribution in [2.75, 3.05) is 11.9 Å². The molecule has 4 nitrogen and oxygen atoms in total. The molecule has 0 aliphatic heterocycles. The van der Waals surface area contributed by atoms with Crippen molar-refractivity contribution in [2.45, 2.75) is 26.7 Å². The predicted octanol–water partition coefficient (Wildman–Crippen LogP) is 4.14. The van der Waals surface area contributed by atoms with E-state index in [1.54, 1.807) is 17.5 Å². The summed E-state index contributed by atoms with van der Waals surface area (Å²) in [4.78, 5) is 14.7. The average Bonchev–Trinajstić information content (AvgIpc) is 3.01. The first-order chi connectivity index (χ1) is 10.3. The van der Waals surface area contributed by atoms with Crippen LogP contribution in [0.15, 0.2) is 29.9 Å². The predicted molar refractivity (Wildman–Crippen MR) is 88.8 cm³/mol. The molecule has 3 aromatic heterocycles. The molecule has 5 heteroatoms. The van der Waals surface area contributed by atoms with Gasteiger partial charge in [-0.25, -0.2) is 9.97 Å². The van der Waals surface area contributed by atoms with Gasteiger partial charge in [0.1, 0.15) is 10.6 Å². The zero-order valence-corrected chi connectivity index (χ0v) is 13.1. The van der Waals surface area contributed by atoms with Crippen LogP contribution < -0.4 is 5.32 Å². The molecule has 0 aliphatic carbocycles. The van der Waals surface area contributed by atoms with E-state index in [2.05, 4.69) is 35.6 Å². The number of hydrogen-bond donors (Lipinski definition) is 1. The maximum atomic E-state index is 4.75. The van der Waals surface area contributed by atoms with Crippen LogP contribution in [0.3, 0.4) is 0 Å². The molecule has 0 aliphatic rings. The van der Waals surface area contributed by atoms with Crippen molar-refractivity contribution in [3.63, 3.8) is 0 Å². The van der Waals surface area contributed by atoms with Crippen molar-refractivity contribution in [3.8, 4) is 11.4 Å². The lowest BCUT2D eigenvalue weighted by molar-refractivity contribution is 0.970. The molecule has 3 heterocycles. The number of nitrogens with zero attached hydrogens (tertiary/aromatic N) is 3. The Balaban J connectivity index is 2.14. The second-order valence-corrected chi connectivity index (χ2v) is 5.74. The number of nitrogens with one attached hydrogen (secondary N) is 1. The summed E-state index contributed by atoms with van der Waals surface area (Å²) in [5.74, 6) is 1.71. The third-order valence-corrected chi connectivity index (χ3v) is 4.20. The van der Waals surface area contributed by atoms with Crippen LogP contribution in [0, 0.1) is 0 Å². The minimum atomic E-state index is 0.780. The highest BCUT2D eigenvalue weighted by atomic mass is 32.1. The van der Waals surface area contributed by atoms with Gasteiger partial charge in [-0.3, -0.25) is 4.98 Å². The summed E-state index contributed by atoms with van der Waals surface area (Å²) in [5, 5.41) is 6.58. The lowest BCUT2D eigenvalue weighted by atomic mass is 10.1. The molecule has 0 fully saturated rings. The Morgan fingerprint density at radius 3 is 2.90 bits per heavy atom. The van der Waals surface area contributed by atoms with Crippen LogP contribution in [-0.4, -0.2) is 21.5 Å². The third-order valence-electron chi connectivity index (χ3n) is 3.39. The highest BCUT2D eigenvalue weighted by molar-refractivity contribution is 7.16. The van der Waals surface area contributed by atoms with E-state index in [0.29, 0.717) is 0 Å². The average molecular weight is 298 g/mol. The fraction of sp³-hybridized carbons (Fsp3) is 0.312. The largest absolute Gasteiger partial charge is 0.369 e. The first kappa shape index (κ1) is 13.9. The van der Waals surface area contributed by atoms with E-state index >= 15 is 0 Å². The minimum Gasteiger partial charge on any atom is -0.369 e. The van der Waals surface area contributed by atoms with Gasteiger partial charge in [0.2, 0.25) is 0 Å². The number of anilines is 1. The quantitative estimate of drug-likeness (QED) is 0.769. The fourth-order valence-electron chi connectivity index (χ4n) is 2.28. The van der Waals surface area contributed by atoms with Crippen LogP contribution in [0.1, 0.15) is 25.8 Å². The normalized spacial score (nSPS) is 11.0. The molecule has 0 saturated heterocycles. The van der Waals surface area contributed by atoms with Gasteiger partial charge in [-0.1, -0.05) is 13.8 Å². The Morgan fingerprint density at radius 1 is 1.19 bits per heavy atom. The molecule has 0 atom stereocenters. The fourth-order valence-corrected chi connectivity index (χ4v) is 3.04. The number of fused-ring (bicyclic) bond motifs is 1. The second kappa shape index (κ2) is 6.18. The Bertz CT molecular complexity index is 751. The van der Waals surface area contributed by atoms with Gasteiger partial charge in [0.25, 0.3) is 0 Å². The van der Waals surface area contributed by atoms with Crippen molar-refractivity contribution in [3.05, 3.63) is 35.5 Å². The Kier molecular flexibility index (Phi) is 4.10. The highest BCUT2D eigenvalue weighted by Gasteiger charge is 2.12. The monoisotopic (exact) mass is 298 g/mol. The van der Waals surface area contributed by atoms with Crippen molar-refractivity contribution in [2.24, 2.45) is 0 Å². The molecule has 108 valence electrons. The van der Waals surface area contributed by atoms with E-state index in [1.807, 2.05) is 12.3 Å². The molecule has 1 N–H and O–H groups in total. The van der Waals surface area contributed by atoms with Gasteiger partial charge in [0, 0.05) is 24.5 Å². The molecule has 0 saturated carbocycles. The van der Waals surface area contributed by atoms with E-state index in [9.17, 15) is 0 Å². The maximum Gasteiger partial charge on any atom is 0.163 e. The number of aromatic nitrogens is 3. The molecule has 0 amide bonds. The molecule has 21 heavy (non-hydrogen) atoms. The Hall–Kier alpha value is -2.01. The van der Waals surface area contributed by atoms with Gasteiger partial charge in [-0.2, -0.15) is 0 Å². The SMILES string of the molecule is CCCNc1nc(-c2ccncc2CC)nc2sccc12. The van der Waals surface area contributed by atoms with Gasteiger partial charge in [0.15, 0.2) is 5.82 Å². The van der Waals surface area contributed by atoms with Crippen LogP contribution in [0.5, 0.6) is 0 Å². The Morgan fingerprint density at radius 2 is 2.10 bits per heavy atom. The molecular formula is C16H18N4S. The van der Waals surface area contributed by atoms with Crippen molar-refractivity contribution >= 4 is 27.4 Å². The zero-order chi connectivity index (χ0) is 14.7. The topological polar surface area (TPSA) is 50.7 Å². The van der Waals surface area contributed by atoms with Crippen LogP contribution in [0.4, 0.5) is 5.82 Å². The van der Waals surface area contributed by atoms with E-state index in [-0.39, 0.29) is 0 Å². The molecule has 3 aromatic rings. The van der Waals surface area contributed by atoms with Crippen molar-refractivity contribution in [1.29, 1.82) is 0 Å². The second-order valence-electron chi connectivity index (χ2n) is 4.85. The zero-order valence-electron chi connectivity index (χ0n) is 12.3. The molecule has 0 unspecified atom stereocenters. The summed E-state index contributed by atoms with van der Waals surface area (Å²) < 4.78 is 0. The number of thiophene rings is 1. The smallest absolute Gasteiger partial charge is 0.163 e. The van der Waals surface area contributed by atoms with Crippen molar-refractivity contribution in [1.82, 2.24) is 15.0 Å². The molecular weight excluding hydrogens is 280 g/mol. The number of aryl methyl sites for hydroxylation is 1. The first-order valence-corrected chi connectivity index (χ1v) is 8.13. The van der Waals surface area contributed by atoms with Crippen LogP contribution in [0.25, 0.3) is 21.6 Å². The molecule has 0 radical (unpaired) electrons. The number of pyridine rings is 1. The molecule has 0 aromatic carbocycles. The van der Waals surface area contributed by atoms with Gasteiger partial charge < -0.3 is 5.32 Å². The van der Waals surface area contributed by atoms with Crippen LogP contribution >= 0.6 is 11.3 Å². The summed E-state index contributed by atoms with van der Waals surface area (Å²) in [6.45, 7) is 5.19. The third kappa shape index (κ3) is 2.74. The molecule has 0 bridgehead atoms. The van der Waals surface area contributed by atoms with Gasteiger partial charge in [0.05, 0.1) is 5.39 Å². The van der Waals surface area contributed by atoms with E-state index in [0.717, 1.165) is 46.8 Å². The summed E-state index contributed by atoms with van der Waals surface area (Å²) in [6, 6.07) is 4.08. The molecule has 3 rings (SSSR count). The lowest BCUT2D eigenvalue weighted by Gasteiger charge is -2.10. The summed E-state index contributed by atoms with van der Waals surface area (Å²) in [7, 11) is 0. The van der Waals surface area contributed by atoms with E-state index < -0.39 is 0 Å².